The second kappa shape index (κ2) is 12.1. The van der Waals surface area contributed by atoms with E-state index in [4.69, 9.17) is 14.2 Å². The standard InChI is InChI=1S/C29H27F3N4O4/c30-29(31,32)23-4-1-21(2-5-23)16-34-28(37)18-35(17-22-3-10-26-27(15-22)40-20-39-26)13-14-38-25-8-6-24(7-9-25)36-12-11-33-19-36/h1-12,15,19H,13-14,16-18,20H2,(H,34,37). The molecule has 0 aliphatic carbocycles. The van der Waals surface area contributed by atoms with Gasteiger partial charge in [-0.2, -0.15) is 13.2 Å². The van der Waals surface area contributed by atoms with Crippen LogP contribution in [0, 0.1) is 0 Å². The summed E-state index contributed by atoms with van der Waals surface area (Å²) >= 11 is 0. The molecule has 4 aromatic rings. The summed E-state index contributed by atoms with van der Waals surface area (Å²) in [5.41, 5.74) is 1.74. The molecule has 40 heavy (non-hydrogen) atoms. The summed E-state index contributed by atoms with van der Waals surface area (Å²) in [6.07, 6.45) is 0.874. The van der Waals surface area contributed by atoms with Crippen LogP contribution in [-0.4, -0.2) is 46.8 Å². The molecular weight excluding hydrogens is 525 g/mol. The molecular formula is C29H27F3N4O4. The summed E-state index contributed by atoms with van der Waals surface area (Å²) in [6.45, 7) is 1.59. The Hall–Kier alpha value is -4.51. The summed E-state index contributed by atoms with van der Waals surface area (Å²) in [4.78, 5) is 18.8. The van der Waals surface area contributed by atoms with Crippen molar-refractivity contribution in [3.05, 3.63) is 102 Å². The van der Waals surface area contributed by atoms with E-state index in [1.165, 1.54) is 12.1 Å². The molecule has 1 aliphatic rings. The highest BCUT2D eigenvalue weighted by Gasteiger charge is 2.29. The number of alkyl halides is 3. The highest BCUT2D eigenvalue weighted by molar-refractivity contribution is 5.78. The van der Waals surface area contributed by atoms with Crippen molar-refractivity contribution in [1.29, 1.82) is 0 Å². The minimum absolute atomic E-state index is 0.0675. The second-order valence-electron chi connectivity index (χ2n) is 9.18. The van der Waals surface area contributed by atoms with E-state index >= 15 is 0 Å². The summed E-state index contributed by atoms with van der Waals surface area (Å²) < 4.78 is 57.1. The smallest absolute Gasteiger partial charge is 0.416 e. The number of ether oxygens (including phenoxy) is 3. The summed E-state index contributed by atoms with van der Waals surface area (Å²) in [5.74, 6) is 1.76. The van der Waals surface area contributed by atoms with E-state index in [9.17, 15) is 18.0 Å². The number of carbonyl (C=O) groups excluding carboxylic acids is 1. The first-order chi connectivity index (χ1) is 19.3. The lowest BCUT2D eigenvalue weighted by Gasteiger charge is -2.22. The number of amides is 1. The van der Waals surface area contributed by atoms with Crippen LogP contribution >= 0.6 is 0 Å². The molecule has 2 heterocycles. The molecule has 0 saturated carbocycles. The van der Waals surface area contributed by atoms with Crippen molar-refractivity contribution >= 4 is 5.91 Å². The maximum absolute atomic E-state index is 12.8. The Kier molecular flexibility index (Phi) is 8.20. The predicted molar refractivity (Wildman–Crippen MR) is 140 cm³/mol. The zero-order chi connectivity index (χ0) is 28.0. The maximum Gasteiger partial charge on any atom is 0.416 e. The first kappa shape index (κ1) is 27.1. The fraction of sp³-hybridized carbons (Fsp3) is 0.241. The van der Waals surface area contributed by atoms with Crippen LogP contribution in [0.15, 0.2) is 85.5 Å². The van der Waals surface area contributed by atoms with Crippen molar-refractivity contribution < 1.29 is 32.2 Å². The number of benzene rings is 3. The lowest BCUT2D eigenvalue weighted by atomic mass is 10.1. The van der Waals surface area contributed by atoms with E-state index in [-0.39, 0.29) is 25.8 Å². The molecule has 0 fully saturated rings. The predicted octanol–water partition coefficient (Wildman–Crippen LogP) is 4.82. The third kappa shape index (κ3) is 7.11. The van der Waals surface area contributed by atoms with Gasteiger partial charge in [-0.05, 0) is 59.7 Å². The molecule has 0 radical (unpaired) electrons. The number of aromatic nitrogens is 2. The lowest BCUT2D eigenvalue weighted by Crippen LogP contribution is -2.38. The number of rotatable bonds is 11. The molecule has 1 aliphatic heterocycles. The van der Waals surface area contributed by atoms with Crippen LogP contribution in [0.1, 0.15) is 16.7 Å². The van der Waals surface area contributed by atoms with Gasteiger partial charge in [0.1, 0.15) is 12.4 Å². The van der Waals surface area contributed by atoms with E-state index in [2.05, 4.69) is 10.3 Å². The average Bonchev–Trinajstić information content (AvgIpc) is 3.64. The van der Waals surface area contributed by atoms with E-state index in [1.54, 1.807) is 12.5 Å². The highest BCUT2D eigenvalue weighted by atomic mass is 19.4. The summed E-state index contributed by atoms with van der Waals surface area (Å²) in [6, 6.07) is 18.0. The Bertz CT molecular complexity index is 1410. The van der Waals surface area contributed by atoms with Crippen molar-refractivity contribution in [2.45, 2.75) is 19.3 Å². The molecule has 208 valence electrons. The molecule has 11 heteroatoms. The molecule has 1 N–H and O–H groups in total. The van der Waals surface area contributed by atoms with Crippen molar-refractivity contribution in [3.63, 3.8) is 0 Å². The summed E-state index contributed by atoms with van der Waals surface area (Å²) in [5, 5.41) is 2.79. The molecule has 0 bridgehead atoms. The third-order valence-electron chi connectivity index (χ3n) is 6.30. The van der Waals surface area contributed by atoms with E-state index in [1.807, 2.05) is 58.1 Å². The van der Waals surface area contributed by atoms with Gasteiger partial charge < -0.3 is 24.1 Å². The van der Waals surface area contributed by atoms with Gasteiger partial charge in [0.15, 0.2) is 11.5 Å². The Balaban J connectivity index is 1.18. The minimum atomic E-state index is -4.40. The van der Waals surface area contributed by atoms with Gasteiger partial charge in [-0.3, -0.25) is 9.69 Å². The number of carbonyl (C=O) groups is 1. The number of halogens is 3. The van der Waals surface area contributed by atoms with E-state index < -0.39 is 11.7 Å². The first-order valence-corrected chi connectivity index (χ1v) is 12.6. The van der Waals surface area contributed by atoms with Crippen LogP contribution < -0.4 is 19.5 Å². The minimum Gasteiger partial charge on any atom is -0.492 e. The topological polar surface area (TPSA) is 77.9 Å². The molecule has 1 amide bonds. The third-order valence-corrected chi connectivity index (χ3v) is 6.30. The molecule has 0 saturated heterocycles. The van der Waals surface area contributed by atoms with Gasteiger partial charge in [-0.15, -0.1) is 0 Å². The van der Waals surface area contributed by atoms with Gasteiger partial charge in [0, 0.05) is 37.7 Å². The lowest BCUT2D eigenvalue weighted by molar-refractivity contribution is -0.137. The molecule has 0 unspecified atom stereocenters. The number of hydrogen-bond acceptors (Lipinski definition) is 6. The normalized spacial score (nSPS) is 12.5. The fourth-order valence-electron chi connectivity index (χ4n) is 4.20. The van der Waals surface area contributed by atoms with Crippen LogP contribution in [-0.2, 0) is 24.1 Å². The first-order valence-electron chi connectivity index (χ1n) is 12.6. The Morgan fingerprint density at radius 3 is 2.48 bits per heavy atom. The average molecular weight is 553 g/mol. The molecule has 3 aromatic carbocycles. The highest BCUT2D eigenvalue weighted by Crippen LogP contribution is 2.33. The van der Waals surface area contributed by atoms with Gasteiger partial charge in [0.25, 0.3) is 0 Å². The number of hydrogen-bond donors (Lipinski definition) is 1. The fourth-order valence-corrected chi connectivity index (χ4v) is 4.20. The maximum atomic E-state index is 12.8. The number of nitrogens with zero attached hydrogens (tertiary/aromatic N) is 3. The quantitative estimate of drug-likeness (QED) is 0.288. The van der Waals surface area contributed by atoms with Gasteiger partial charge in [0.05, 0.1) is 18.4 Å². The Labute approximate surface area is 228 Å². The molecule has 1 aromatic heterocycles. The van der Waals surface area contributed by atoms with E-state index in [0.29, 0.717) is 42.5 Å². The van der Waals surface area contributed by atoms with Crippen molar-refractivity contribution in [2.75, 3.05) is 26.5 Å². The van der Waals surface area contributed by atoms with Gasteiger partial charge >= 0.3 is 6.18 Å². The molecule has 5 rings (SSSR count). The van der Waals surface area contributed by atoms with Crippen molar-refractivity contribution in [1.82, 2.24) is 19.8 Å². The molecule has 8 nitrogen and oxygen atoms in total. The number of imidazole rings is 1. The molecule has 0 atom stereocenters. The monoisotopic (exact) mass is 552 g/mol. The van der Waals surface area contributed by atoms with Crippen molar-refractivity contribution in [3.8, 4) is 22.9 Å². The van der Waals surface area contributed by atoms with Gasteiger partial charge in [-0.1, -0.05) is 18.2 Å². The van der Waals surface area contributed by atoms with Crippen LogP contribution in [0.2, 0.25) is 0 Å². The van der Waals surface area contributed by atoms with Crippen LogP contribution in [0.3, 0.4) is 0 Å². The Morgan fingerprint density at radius 1 is 1.00 bits per heavy atom. The van der Waals surface area contributed by atoms with Crippen molar-refractivity contribution in [2.24, 2.45) is 0 Å². The van der Waals surface area contributed by atoms with E-state index in [0.717, 1.165) is 23.4 Å². The van der Waals surface area contributed by atoms with Crippen LogP contribution in [0.4, 0.5) is 13.2 Å². The number of nitrogens with one attached hydrogen (secondary N) is 1. The second-order valence-corrected chi connectivity index (χ2v) is 9.18. The zero-order valence-electron chi connectivity index (χ0n) is 21.4. The van der Waals surface area contributed by atoms with Crippen LogP contribution in [0.25, 0.3) is 5.69 Å². The zero-order valence-corrected chi connectivity index (χ0v) is 21.4. The SMILES string of the molecule is O=C(CN(CCOc1ccc(-n2ccnc2)cc1)Cc1ccc2c(c1)OCO2)NCc1ccc(C(F)(F)F)cc1. The van der Waals surface area contributed by atoms with Gasteiger partial charge in [-0.25, -0.2) is 4.98 Å². The number of fused-ring (bicyclic) bond motifs is 1. The summed E-state index contributed by atoms with van der Waals surface area (Å²) in [7, 11) is 0. The van der Waals surface area contributed by atoms with Crippen LogP contribution in [0.5, 0.6) is 17.2 Å². The van der Waals surface area contributed by atoms with Gasteiger partial charge in [0.2, 0.25) is 12.7 Å². The largest absolute Gasteiger partial charge is 0.492 e. The molecule has 0 spiro atoms. The Morgan fingerprint density at radius 2 is 1.75 bits per heavy atom.